The Kier molecular flexibility index (Phi) is 3.58. The molecule has 1 aromatic carbocycles. The molecule has 116 valence electrons. The maximum Gasteiger partial charge on any atom is 0.256 e. The third-order valence-corrected chi connectivity index (χ3v) is 5.83. The van der Waals surface area contributed by atoms with E-state index >= 15 is 0 Å². The number of rotatable bonds is 3. The molecule has 2 fully saturated rings. The molecular formula is C16H18N2O3S. The molecule has 3 heterocycles. The van der Waals surface area contributed by atoms with E-state index in [1.807, 2.05) is 24.3 Å². The molecule has 0 bridgehead atoms. The van der Waals surface area contributed by atoms with Gasteiger partial charge >= 0.3 is 0 Å². The van der Waals surface area contributed by atoms with E-state index in [1.165, 1.54) is 0 Å². The Hall–Kier alpha value is -1.53. The Morgan fingerprint density at radius 2 is 2.27 bits per heavy atom. The van der Waals surface area contributed by atoms with E-state index in [0.717, 1.165) is 30.6 Å². The largest absolute Gasteiger partial charge is 0.376 e. The summed E-state index contributed by atoms with van der Waals surface area (Å²) < 4.78 is 5.52. The first-order chi connectivity index (χ1) is 10.8. The molecule has 1 aromatic rings. The van der Waals surface area contributed by atoms with E-state index in [4.69, 9.17) is 4.74 Å². The molecule has 0 spiro atoms. The summed E-state index contributed by atoms with van der Waals surface area (Å²) in [5, 5.41) is 2.94. The van der Waals surface area contributed by atoms with Crippen LogP contribution < -0.4 is 5.32 Å². The molecule has 4 rings (SSSR count). The van der Waals surface area contributed by atoms with Gasteiger partial charge in [-0.25, -0.2) is 0 Å². The Labute approximate surface area is 133 Å². The van der Waals surface area contributed by atoms with Crippen LogP contribution in [0.15, 0.2) is 24.3 Å². The van der Waals surface area contributed by atoms with E-state index in [-0.39, 0.29) is 29.3 Å². The standard InChI is InChI=1S/C16H18N2O3S/c19-14(17-8-10-4-3-7-21-10)13-9-22-16-12-6-2-1-5-11(12)15(20)18(13)16/h1-2,5-6,10,13,16H,3-4,7-9H2,(H,17,19)/t10-,13-,16+/m0/s1. The summed E-state index contributed by atoms with van der Waals surface area (Å²) >= 11 is 1.67. The minimum absolute atomic E-state index is 0.0119. The third-order valence-electron chi connectivity index (χ3n) is 4.52. The van der Waals surface area contributed by atoms with Crippen molar-refractivity contribution in [1.29, 1.82) is 0 Å². The van der Waals surface area contributed by atoms with E-state index < -0.39 is 0 Å². The molecule has 3 atom stereocenters. The molecule has 0 unspecified atom stereocenters. The lowest BCUT2D eigenvalue weighted by Crippen LogP contribution is -2.47. The predicted molar refractivity (Wildman–Crippen MR) is 83.6 cm³/mol. The topological polar surface area (TPSA) is 58.6 Å². The summed E-state index contributed by atoms with van der Waals surface area (Å²) in [6.07, 6.45) is 2.18. The zero-order chi connectivity index (χ0) is 15.1. The maximum atomic E-state index is 12.6. The Morgan fingerprint density at radius 1 is 1.41 bits per heavy atom. The van der Waals surface area contributed by atoms with Crippen molar-refractivity contribution in [2.24, 2.45) is 0 Å². The molecule has 5 nitrogen and oxygen atoms in total. The zero-order valence-electron chi connectivity index (χ0n) is 12.2. The first kappa shape index (κ1) is 14.1. The van der Waals surface area contributed by atoms with Gasteiger partial charge in [-0.05, 0) is 24.5 Å². The smallest absolute Gasteiger partial charge is 0.256 e. The van der Waals surface area contributed by atoms with Crippen LogP contribution in [0.25, 0.3) is 0 Å². The number of fused-ring (bicyclic) bond motifs is 3. The van der Waals surface area contributed by atoms with Crippen LogP contribution in [0.3, 0.4) is 0 Å². The lowest BCUT2D eigenvalue weighted by atomic mass is 10.1. The number of thioether (sulfide) groups is 1. The van der Waals surface area contributed by atoms with Crippen molar-refractivity contribution in [2.75, 3.05) is 18.9 Å². The van der Waals surface area contributed by atoms with E-state index in [9.17, 15) is 9.59 Å². The number of carbonyl (C=O) groups is 2. The number of carbonyl (C=O) groups excluding carboxylic acids is 2. The minimum Gasteiger partial charge on any atom is -0.376 e. The number of ether oxygens (including phenoxy) is 1. The normalized spacial score (nSPS) is 29.5. The van der Waals surface area contributed by atoms with Gasteiger partial charge in [0.25, 0.3) is 5.91 Å². The lowest BCUT2D eigenvalue weighted by molar-refractivity contribution is -0.125. The third kappa shape index (κ3) is 2.21. The van der Waals surface area contributed by atoms with Gasteiger partial charge in [0.05, 0.1) is 6.10 Å². The van der Waals surface area contributed by atoms with Crippen LogP contribution in [-0.2, 0) is 9.53 Å². The monoisotopic (exact) mass is 318 g/mol. The average molecular weight is 318 g/mol. The molecule has 3 aliphatic rings. The van der Waals surface area contributed by atoms with Crippen LogP contribution >= 0.6 is 11.8 Å². The summed E-state index contributed by atoms with van der Waals surface area (Å²) in [6, 6.07) is 7.27. The second-order valence-corrected chi connectivity index (χ2v) is 6.99. The van der Waals surface area contributed by atoms with Crippen LogP contribution in [0.4, 0.5) is 0 Å². The van der Waals surface area contributed by atoms with Crippen LogP contribution in [0.5, 0.6) is 0 Å². The van der Waals surface area contributed by atoms with Crippen molar-refractivity contribution in [3.05, 3.63) is 35.4 Å². The fourth-order valence-electron chi connectivity index (χ4n) is 3.38. The van der Waals surface area contributed by atoms with Crippen molar-refractivity contribution < 1.29 is 14.3 Å². The first-order valence-corrected chi connectivity index (χ1v) is 8.73. The molecule has 0 aromatic heterocycles. The highest BCUT2D eigenvalue weighted by Gasteiger charge is 2.48. The average Bonchev–Trinajstić information content (AvgIpc) is 3.25. The number of amides is 2. The number of hydrogen-bond donors (Lipinski definition) is 1. The lowest BCUT2D eigenvalue weighted by Gasteiger charge is -2.23. The Balaban J connectivity index is 1.46. The van der Waals surface area contributed by atoms with Crippen LogP contribution in [0, 0.1) is 0 Å². The second kappa shape index (κ2) is 5.59. The van der Waals surface area contributed by atoms with E-state index in [0.29, 0.717) is 12.3 Å². The molecule has 0 saturated carbocycles. The number of benzene rings is 1. The zero-order valence-corrected chi connectivity index (χ0v) is 13.0. The van der Waals surface area contributed by atoms with Crippen LogP contribution in [-0.4, -0.2) is 47.8 Å². The molecule has 0 aliphatic carbocycles. The summed E-state index contributed by atoms with van der Waals surface area (Å²) in [4.78, 5) is 26.8. The summed E-state index contributed by atoms with van der Waals surface area (Å²) in [6.45, 7) is 1.32. The fraction of sp³-hybridized carbons (Fsp3) is 0.500. The summed E-state index contributed by atoms with van der Waals surface area (Å²) in [5.41, 5.74) is 1.77. The van der Waals surface area contributed by atoms with Gasteiger partial charge in [0, 0.05) is 24.5 Å². The van der Waals surface area contributed by atoms with Gasteiger partial charge in [0.15, 0.2) is 0 Å². The van der Waals surface area contributed by atoms with Gasteiger partial charge in [-0.15, -0.1) is 11.8 Å². The van der Waals surface area contributed by atoms with Crippen molar-refractivity contribution >= 4 is 23.6 Å². The SMILES string of the molecule is O=C(NC[C@@H]1CCCO1)[C@@H]1CS[C@@H]2c3ccccc3C(=O)N21. The number of nitrogens with zero attached hydrogens (tertiary/aromatic N) is 1. The van der Waals surface area contributed by atoms with Gasteiger partial charge in [-0.2, -0.15) is 0 Å². The summed E-state index contributed by atoms with van der Waals surface area (Å²) in [7, 11) is 0. The molecule has 6 heteroatoms. The molecular weight excluding hydrogens is 300 g/mol. The molecule has 1 N–H and O–H groups in total. The van der Waals surface area contributed by atoms with Gasteiger partial charge in [-0.3, -0.25) is 9.59 Å². The van der Waals surface area contributed by atoms with Crippen molar-refractivity contribution in [2.45, 2.75) is 30.4 Å². The Bertz CT molecular complexity index is 615. The number of nitrogens with one attached hydrogen (secondary N) is 1. The molecule has 2 amide bonds. The highest BCUT2D eigenvalue weighted by Crippen LogP contribution is 2.47. The van der Waals surface area contributed by atoms with Gasteiger partial charge < -0.3 is 15.0 Å². The molecule has 0 radical (unpaired) electrons. The van der Waals surface area contributed by atoms with Crippen LogP contribution in [0.2, 0.25) is 0 Å². The van der Waals surface area contributed by atoms with Crippen molar-refractivity contribution in [1.82, 2.24) is 10.2 Å². The summed E-state index contributed by atoms with van der Waals surface area (Å²) in [5.74, 6) is 0.566. The van der Waals surface area contributed by atoms with E-state index in [1.54, 1.807) is 16.7 Å². The molecule has 22 heavy (non-hydrogen) atoms. The minimum atomic E-state index is -0.378. The van der Waals surface area contributed by atoms with Gasteiger partial charge in [0.1, 0.15) is 11.4 Å². The van der Waals surface area contributed by atoms with Gasteiger partial charge in [0.2, 0.25) is 5.91 Å². The number of hydrogen-bond acceptors (Lipinski definition) is 4. The van der Waals surface area contributed by atoms with Crippen LogP contribution in [0.1, 0.15) is 34.1 Å². The van der Waals surface area contributed by atoms with Crippen molar-refractivity contribution in [3.8, 4) is 0 Å². The van der Waals surface area contributed by atoms with E-state index in [2.05, 4.69) is 5.32 Å². The highest BCUT2D eigenvalue weighted by molar-refractivity contribution is 7.99. The maximum absolute atomic E-state index is 12.6. The quantitative estimate of drug-likeness (QED) is 0.919. The highest BCUT2D eigenvalue weighted by atomic mass is 32.2. The van der Waals surface area contributed by atoms with Gasteiger partial charge in [-0.1, -0.05) is 18.2 Å². The van der Waals surface area contributed by atoms with Crippen molar-refractivity contribution in [3.63, 3.8) is 0 Å². The fourth-order valence-corrected chi connectivity index (χ4v) is 4.84. The predicted octanol–water partition coefficient (Wildman–Crippen LogP) is 1.55. The molecule has 2 saturated heterocycles. The second-order valence-electron chi connectivity index (χ2n) is 5.88. The first-order valence-electron chi connectivity index (χ1n) is 7.68. The molecule has 3 aliphatic heterocycles. The Morgan fingerprint density at radius 3 is 3.09 bits per heavy atom.